The van der Waals surface area contributed by atoms with E-state index in [0.29, 0.717) is 51.4 Å². The van der Waals surface area contributed by atoms with E-state index >= 15 is 0 Å². The molecule has 0 spiro atoms. The van der Waals surface area contributed by atoms with Gasteiger partial charge in [-0.2, -0.15) is 20.3 Å². The molecule has 0 bridgehead atoms. The van der Waals surface area contributed by atoms with Gasteiger partial charge in [-0.3, -0.25) is 14.4 Å². The Labute approximate surface area is 449 Å². The van der Waals surface area contributed by atoms with Crippen LogP contribution in [0.1, 0.15) is 272 Å². The topological polar surface area (TPSA) is 182 Å². The molecule has 0 aromatic rings. The highest BCUT2D eigenvalue weighted by molar-refractivity contribution is 5.72. The minimum absolute atomic E-state index is 0.0824. The Kier molecular flexibility index (Phi) is 24.0. The summed E-state index contributed by atoms with van der Waals surface area (Å²) in [5.74, 6) is 0.364. The van der Waals surface area contributed by atoms with Gasteiger partial charge >= 0.3 is 17.9 Å². The highest BCUT2D eigenvalue weighted by atomic mass is 16.6. The molecule has 0 aromatic carbocycles. The van der Waals surface area contributed by atoms with Crippen molar-refractivity contribution in [3.63, 3.8) is 0 Å². The largest absolute Gasteiger partial charge is 0.495 e. The predicted octanol–water partition coefficient (Wildman–Crippen LogP) is 13.7. The molecule has 15 heteroatoms. The van der Waals surface area contributed by atoms with Crippen LogP contribution >= 0.6 is 0 Å². The minimum atomic E-state index is -0.439. The smallest absolute Gasteiger partial charge is 0.309 e. The molecule has 0 aliphatic carbocycles. The predicted molar refractivity (Wildman–Crippen MR) is 291 cm³/mol. The van der Waals surface area contributed by atoms with Gasteiger partial charge in [-0.1, -0.05) is 64.9 Å². The number of esters is 3. The van der Waals surface area contributed by atoms with Gasteiger partial charge in [-0.05, 0) is 143 Å². The molecule has 4 aliphatic heterocycles. The fourth-order valence-electron chi connectivity index (χ4n) is 13.1. The van der Waals surface area contributed by atoms with Crippen LogP contribution in [0.5, 0.6) is 0 Å². The number of unbranched alkanes of at least 4 members (excludes halogenated alkanes) is 9. The van der Waals surface area contributed by atoms with Gasteiger partial charge in [0.05, 0.1) is 11.7 Å². The third-order valence-electron chi connectivity index (χ3n) is 16.5. The van der Waals surface area contributed by atoms with Gasteiger partial charge in [0.1, 0.15) is 24.4 Å². The summed E-state index contributed by atoms with van der Waals surface area (Å²) >= 11 is 0. The monoisotopic (exact) mass is 1050 g/mol. The highest BCUT2D eigenvalue weighted by Gasteiger charge is 2.50. The standard InChI is InChI=1S/C30H56N2O6.C29H54N2O5/c1-10-22(26(34)38-24-20-29(6,7)32(36)30(8,9)21-24)16-14-12-11-13-15-17-25(33)37-23-18-27(2,3)31(35)28(4,5)19-23;1-22(35-23-18-26(2,3)30(33)27(4,5)19-23)16-14-12-10-11-13-15-17-25(32)36-24-20-28(6,7)31(34)29(8,9)21-24/h22-24,35-36H,10-21H2,1-9H3;23-24,33-34H,1,10-21H2,2-9H3. The van der Waals surface area contributed by atoms with Gasteiger partial charge in [0.2, 0.25) is 0 Å². The summed E-state index contributed by atoms with van der Waals surface area (Å²) in [6.45, 7) is 38.1. The molecule has 15 nitrogen and oxygen atoms in total. The third-order valence-corrected chi connectivity index (χ3v) is 16.5. The number of ether oxygens (including phenoxy) is 4. The van der Waals surface area contributed by atoms with Crippen LogP contribution < -0.4 is 0 Å². The molecule has 74 heavy (non-hydrogen) atoms. The van der Waals surface area contributed by atoms with Crippen molar-refractivity contribution >= 4 is 17.9 Å². The van der Waals surface area contributed by atoms with Crippen molar-refractivity contribution < 1.29 is 54.2 Å². The number of carbonyl (C=O) groups is 3. The van der Waals surface area contributed by atoms with Crippen LogP contribution in [0.4, 0.5) is 0 Å². The molecule has 0 radical (unpaired) electrons. The van der Waals surface area contributed by atoms with Crippen LogP contribution in [0.25, 0.3) is 0 Å². The van der Waals surface area contributed by atoms with Crippen molar-refractivity contribution in [2.75, 3.05) is 0 Å². The molecular formula is C59H110N4O11. The summed E-state index contributed by atoms with van der Waals surface area (Å²) in [7, 11) is 0. The first kappa shape index (κ1) is 65.9. The average Bonchev–Trinajstić information content (AvgIpc) is 3.24. The second kappa shape index (κ2) is 27.0. The number of hydroxylamine groups is 8. The van der Waals surface area contributed by atoms with E-state index in [4.69, 9.17) is 18.9 Å². The molecule has 4 heterocycles. The van der Waals surface area contributed by atoms with E-state index in [0.717, 1.165) is 108 Å². The molecule has 0 saturated carbocycles. The SMILES string of the molecule is C=C(CCCCCCCCC(=O)OC1CC(C)(C)N(O)C(C)(C)C1)OC1CC(C)(C)N(O)C(C)(C)C1.CCC(CCCCCCCC(=O)OC1CC(C)(C)N(O)C(C)(C)C1)C(=O)OC1CC(C)(C)N(O)C(C)(C)C1. The van der Waals surface area contributed by atoms with E-state index in [1.165, 1.54) is 20.3 Å². The molecular weight excluding hydrogens is 941 g/mol. The molecule has 0 amide bonds. The summed E-state index contributed by atoms with van der Waals surface area (Å²) in [4.78, 5) is 37.6. The zero-order valence-corrected chi connectivity index (χ0v) is 50.0. The van der Waals surface area contributed by atoms with Gasteiger partial charge in [0, 0.05) is 115 Å². The summed E-state index contributed by atoms with van der Waals surface area (Å²) in [5, 5.41) is 47.4. The van der Waals surface area contributed by atoms with E-state index in [-0.39, 0.29) is 59.3 Å². The molecule has 432 valence electrons. The number of nitrogens with zero attached hydrogens (tertiary/aromatic N) is 4. The van der Waals surface area contributed by atoms with Crippen molar-refractivity contribution in [2.45, 2.75) is 341 Å². The molecule has 4 N–H and O–H groups in total. The Bertz CT molecular complexity index is 1660. The van der Waals surface area contributed by atoms with Crippen molar-refractivity contribution in [1.82, 2.24) is 20.3 Å². The van der Waals surface area contributed by atoms with E-state index < -0.39 is 33.2 Å². The molecule has 4 fully saturated rings. The highest BCUT2D eigenvalue weighted by Crippen LogP contribution is 2.42. The average molecular weight is 1050 g/mol. The zero-order valence-electron chi connectivity index (χ0n) is 50.0. The number of rotatable bonds is 24. The van der Waals surface area contributed by atoms with E-state index in [2.05, 4.69) is 6.58 Å². The Morgan fingerprint density at radius 1 is 0.405 bits per heavy atom. The third kappa shape index (κ3) is 19.8. The second-order valence-corrected chi connectivity index (χ2v) is 28.0. The molecule has 1 atom stereocenters. The molecule has 4 rings (SSSR count). The minimum Gasteiger partial charge on any atom is -0.495 e. The summed E-state index contributed by atoms with van der Waals surface area (Å²) in [6.07, 6.45) is 19.4. The fourth-order valence-corrected chi connectivity index (χ4v) is 13.1. The summed E-state index contributed by atoms with van der Waals surface area (Å²) in [5.41, 5.74) is -3.19. The first-order valence-corrected chi connectivity index (χ1v) is 28.8. The number of carbonyl (C=O) groups excluding carboxylic acids is 3. The first-order chi connectivity index (χ1) is 33.9. The number of piperidine rings is 4. The molecule has 1 unspecified atom stereocenters. The Morgan fingerprint density at radius 2 is 0.649 bits per heavy atom. The molecule has 4 aliphatic rings. The first-order valence-electron chi connectivity index (χ1n) is 28.8. The number of hydrogen-bond donors (Lipinski definition) is 4. The quantitative estimate of drug-likeness (QED) is 0.0310. The van der Waals surface area contributed by atoms with Crippen molar-refractivity contribution in [3.8, 4) is 0 Å². The maximum Gasteiger partial charge on any atom is 0.309 e. The maximum atomic E-state index is 12.9. The lowest BCUT2D eigenvalue weighted by Gasteiger charge is -2.51. The van der Waals surface area contributed by atoms with E-state index in [1.807, 2.05) is 118 Å². The van der Waals surface area contributed by atoms with Gasteiger partial charge in [0.15, 0.2) is 0 Å². The van der Waals surface area contributed by atoms with Crippen molar-refractivity contribution in [1.29, 1.82) is 0 Å². The Hall–Kier alpha value is -2.37. The summed E-state index contributed by atoms with van der Waals surface area (Å²) < 4.78 is 23.6. The van der Waals surface area contributed by atoms with Gasteiger partial charge < -0.3 is 39.8 Å². The normalized spacial score (nSPS) is 24.5. The van der Waals surface area contributed by atoms with Crippen LogP contribution in [-0.2, 0) is 33.3 Å². The number of hydrogen-bond acceptors (Lipinski definition) is 15. The van der Waals surface area contributed by atoms with Crippen LogP contribution in [-0.4, -0.2) is 128 Å². The zero-order chi connectivity index (χ0) is 56.3. The lowest BCUT2D eigenvalue weighted by Crippen LogP contribution is -2.60. The maximum absolute atomic E-state index is 12.9. The van der Waals surface area contributed by atoms with Gasteiger partial charge in [-0.25, -0.2) is 0 Å². The number of allylic oxidation sites excluding steroid dienone is 1. The fraction of sp³-hybridized carbons (Fsp3) is 0.915. The Balaban J connectivity index is 0.000000391. The van der Waals surface area contributed by atoms with Crippen LogP contribution in [0, 0.1) is 5.92 Å². The van der Waals surface area contributed by atoms with Gasteiger partial charge in [-0.15, -0.1) is 0 Å². The van der Waals surface area contributed by atoms with Crippen LogP contribution in [0.2, 0.25) is 0 Å². The molecule has 0 aromatic heterocycles. The summed E-state index contributed by atoms with van der Waals surface area (Å²) in [6, 6.07) is 0. The van der Waals surface area contributed by atoms with Crippen molar-refractivity contribution in [3.05, 3.63) is 12.3 Å². The lowest BCUT2D eigenvalue weighted by molar-refractivity contribution is -0.260. The van der Waals surface area contributed by atoms with Gasteiger partial charge in [0.25, 0.3) is 0 Å². The van der Waals surface area contributed by atoms with E-state index in [9.17, 15) is 35.2 Å². The molecule has 4 saturated heterocycles. The van der Waals surface area contributed by atoms with Crippen LogP contribution in [0.15, 0.2) is 12.3 Å². The lowest BCUT2D eigenvalue weighted by atomic mass is 9.80. The van der Waals surface area contributed by atoms with E-state index in [1.54, 1.807) is 0 Å². The second-order valence-electron chi connectivity index (χ2n) is 28.0. The van der Waals surface area contributed by atoms with Crippen molar-refractivity contribution in [2.24, 2.45) is 5.92 Å². The van der Waals surface area contributed by atoms with Crippen LogP contribution in [0.3, 0.4) is 0 Å². The Morgan fingerprint density at radius 3 is 0.946 bits per heavy atom.